The molecule has 0 radical (unpaired) electrons. The summed E-state index contributed by atoms with van der Waals surface area (Å²) in [6.45, 7) is 0. The highest BCUT2D eigenvalue weighted by atomic mass is 19.1. The number of carbonyl (C=O) groups is 1. The Morgan fingerprint density at radius 2 is 1.93 bits per heavy atom. The number of aromatic hydroxyl groups is 1. The van der Waals surface area contributed by atoms with Gasteiger partial charge in [-0.2, -0.15) is 5.10 Å². The summed E-state index contributed by atoms with van der Waals surface area (Å²) in [6, 6.07) is 9.21. The van der Waals surface area contributed by atoms with E-state index in [1.54, 1.807) is 12.1 Å². The minimum absolute atomic E-state index is 0.0535. The van der Waals surface area contributed by atoms with E-state index in [2.05, 4.69) is 10.1 Å². The average Bonchev–Trinajstić information content (AvgIpc) is 3.02. The monoisotopic (exact) mass is 381 g/mol. The lowest BCUT2D eigenvalue weighted by Crippen LogP contribution is -2.01. The minimum Gasteiger partial charge on any atom is -0.493 e. The molecule has 0 aliphatic rings. The summed E-state index contributed by atoms with van der Waals surface area (Å²) in [7, 11) is 1.51. The molecule has 2 aromatic carbocycles. The molecule has 4 aromatic rings. The van der Waals surface area contributed by atoms with Crippen molar-refractivity contribution in [2.75, 3.05) is 0 Å². The molecule has 4 rings (SSSR count). The Kier molecular flexibility index (Phi) is 4.23. The number of aryl methyl sites for hydroxylation is 1. The maximum atomic E-state index is 13.9. The summed E-state index contributed by atoms with van der Waals surface area (Å²) in [5.41, 5.74) is 0.845. The number of rotatable bonds is 4. The number of fused-ring (bicyclic) bond motifs is 1. The van der Waals surface area contributed by atoms with E-state index >= 15 is 0 Å². The lowest BCUT2D eigenvalue weighted by Gasteiger charge is -2.10. The number of nitrogens with zero attached hydrogens (tertiary/aromatic N) is 3. The average molecular weight is 381 g/mol. The molecule has 8 heteroatoms. The molecule has 1 N–H and O–H groups in total. The predicted molar refractivity (Wildman–Crippen MR) is 96.5 cm³/mol. The molecular formula is C20H13F2N3O3. The van der Waals surface area contributed by atoms with E-state index in [-0.39, 0.29) is 28.5 Å². The molecule has 140 valence electrons. The number of ether oxygens (including phenoxy) is 1. The molecule has 0 spiro atoms. The smallest absolute Gasteiger partial charge is 0.220 e. The van der Waals surface area contributed by atoms with E-state index in [9.17, 15) is 18.7 Å². The van der Waals surface area contributed by atoms with Gasteiger partial charge < -0.3 is 9.84 Å². The lowest BCUT2D eigenvalue weighted by molar-refractivity contribution is 0.103. The van der Waals surface area contributed by atoms with Gasteiger partial charge in [0.2, 0.25) is 5.88 Å². The molecule has 28 heavy (non-hydrogen) atoms. The third kappa shape index (κ3) is 3.05. The molecule has 2 aromatic heterocycles. The summed E-state index contributed by atoms with van der Waals surface area (Å²) in [5.74, 6) is -2.15. The van der Waals surface area contributed by atoms with Crippen LogP contribution in [0.5, 0.6) is 17.4 Å². The molecule has 0 saturated carbocycles. The number of ketones is 1. The van der Waals surface area contributed by atoms with Crippen molar-refractivity contribution in [3.8, 4) is 17.4 Å². The van der Waals surface area contributed by atoms with Crippen molar-refractivity contribution < 1.29 is 23.4 Å². The molecule has 0 aliphatic carbocycles. The quantitative estimate of drug-likeness (QED) is 0.541. The number of halogens is 2. The summed E-state index contributed by atoms with van der Waals surface area (Å²) in [4.78, 5) is 16.9. The zero-order chi connectivity index (χ0) is 19.8. The van der Waals surface area contributed by atoms with Crippen LogP contribution in [0.2, 0.25) is 0 Å². The maximum absolute atomic E-state index is 13.9. The normalized spacial score (nSPS) is 11.0. The Hall–Kier alpha value is -3.81. The van der Waals surface area contributed by atoms with Gasteiger partial charge in [-0.05, 0) is 36.4 Å². The summed E-state index contributed by atoms with van der Waals surface area (Å²) >= 11 is 0. The standard InChI is InChI=1S/C20H13F2N3O3/c1-25-20(27)14(10-24-25)19(26)11-2-4-16-13(8-11)17(6-7-23-16)28-18-5-3-12(21)9-15(18)22/h2-10,27H,1H3. The molecule has 0 atom stereocenters. The predicted octanol–water partition coefficient (Wildman–Crippen LogP) is 3.98. The van der Waals surface area contributed by atoms with Crippen LogP contribution in [-0.2, 0) is 7.05 Å². The van der Waals surface area contributed by atoms with Crippen molar-refractivity contribution in [3.63, 3.8) is 0 Å². The second-order valence-corrected chi connectivity index (χ2v) is 6.05. The van der Waals surface area contributed by atoms with Gasteiger partial charge in [-0.15, -0.1) is 0 Å². The number of hydrogen-bond acceptors (Lipinski definition) is 5. The van der Waals surface area contributed by atoms with Gasteiger partial charge in [0.05, 0.1) is 11.7 Å². The zero-order valence-electron chi connectivity index (χ0n) is 14.6. The van der Waals surface area contributed by atoms with Crippen LogP contribution in [0.15, 0.2) is 54.9 Å². The van der Waals surface area contributed by atoms with E-state index in [1.165, 1.54) is 42.3 Å². The Bertz CT molecular complexity index is 1220. The first-order valence-corrected chi connectivity index (χ1v) is 8.21. The van der Waals surface area contributed by atoms with Gasteiger partial charge in [0.25, 0.3) is 0 Å². The van der Waals surface area contributed by atoms with E-state index in [0.29, 0.717) is 10.9 Å². The van der Waals surface area contributed by atoms with Gasteiger partial charge in [-0.3, -0.25) is 9.78 Å². The first-order chi connectivity index (χ1) is 13.4. The van der Waals surface area contributed by atoms with Gasteiger partial charge in [0, 0.05) is 30.3 Å². The third-order valence-corrected chi connectivity index (χ3v) is 4.23. The first-order valence-electron chi connectivity index (χ1n) is 8.21. The fraction of sp³-hybridized carbons (Fsp3) is 0.0500. The first kappa shape index (κ1) is 17.6. The van der Waals surface area contributed by atoms with Crippen LogP contribution in [0.3, 0.4) is 0 Å². The van der Waals surface area contributed by atoms with Crippen LogP contribution >= 0.6 is 0 Å². The molecular weight excluding hydrogens is 368 g/mol. The van der Waals surface area contributed by atoms with Gasteiger partial charge in [0.1, 0.15) is 17.1 Å². The number of carbonyl (C=O) groups excluding carboxylic acids is 1. The minimum atomic E-state index is -0.850. The molecule has 0 saturated heterocycles. The van der Waals surface area contributed by atoms with E-state index in [1.807, 2.05) is 0 Å². The third-order valence-electron chi connectivity index (χ3n) is 4.23. The number of benzene rings is 2. The highest BCUT2D eigenvalue weighted by Gasteiger charge is 2.19. The van der Waals surface area contributed by atoms with Crippen LogP contribution < -0.4 is 4.74 Å². The van der Waals surface area contributed by atoms with Crippen LogP contribution in [-0.4, -0.2) is 25.7 Å². The second kappa shape index (κ2) is 6.73. The van der Waals surface area contributed by atoms with Crippen molar-refractivity contribution in [2.24, 2.45) is 7.05 Å². The van der Waals surface area contributed by atoms with Crippen LogP contribution in [0.25, 0.3) is 10.9 Å². The topological polar surface area (TPSA) is 77.2 Å². The van der Waals surface area contributed by atoms with Gasteiger partial charge >= 0.3 is 0 Å². The molecule has 6 nitrogen and oxygen atoms in total. The van der Waals surface area contributed by atoms with Crippen molar-refractivity contribution in [1.29, 1.82) is 0 Å². The molecule has 0 aliphatic heterocycles. The van der Waals surface area contributed by atoms with Crippen molar-refractivity contribution >= 4 is 16.7 Å². The second-order valence-electron chi connectivity index (χ2n) is 6.05. The van der Waals surface area contributed by atoms with Gasteiger partial charge in [-0.25, -0.2) is 13.5 Å². The molecule has 0 bridgehead atoms. The Labute approximate surface area is 157 Å². The molecule has 0 fully saturated rings. The molecule has 2 heterocycles. The summed E-state index contributed by atoms with van der Waals surface area (Å²) < 4.78 is 33.8. The van der Waals surface area contributed by atoms with Crippen LogP contribution in [0.1, 0.15) is 15.9 Å². The number of pyridine rings is 1. The SMILES string of the molecule is Cn1ncc(C(=O)c2ccc3nccc(Oc4ccc(F)cc4F)c3c2)c1O. The van der Waals surface area contributed by atoms with E-state index in [0.717, 1.165) is 12.1 Å². The Balaban J connectivity index is 1.77. The fourth-order valence-corrected chi connectivity index (χ4v) is 2.77. The molecule has 0 unspecified atom stereocenters. The van der Waals surface area contributed by atoms with Gasteiger partial charge in [-0.1, -0.05) is 0 Å². The molecule has 0 amide bonds. The highest BCUT2D eigenvalue weighted by Crippen LogP contribution is 2.32. The fourth-order valence-electron chi connectivity index (χ4n) is 2.77. The lowest BCUT2D eigenvalue weighted by atomic mass is 10.0. The summed E-state index contributed by atoms with van der Waals surface area (Å²) in [5, 5.41) is 14.3. The number of hydrogen-bond donors (Lipinski definition) is 1. The van der Waals surface area contributed by atoms with Crippen LogP contribution in [0.4, 0.5) is 8.78 Å². The van der Waals surface area contributed by atoms with Gasteiger partial charge in [0.15, 0.2) is 17.3 Å². The van der Waals surface area contributed by atoms with Crippen molar-refractivity contribution in [1.82, 2.24) is 14.8 Å². The maximum Gasteiger partial charge on any atom is 0.220 e. The Morgan fingerprint density at radius 3 is 2.64 bits per heavy atom. The highest BCUT2D eigenvalue weighted by molar-refractivity contribution is 6.12. The number of aromatic nitrogens is 3. The van der Waals surface area contributed by atoms with E-state index in [4.69, 9.17) is 4.74 Å². The van der Waals surface area contributed by atoms with Crippen LogP contribution in [0, 0.1) is 11.6 Å². The largest absolute Gasteiger partial charge is 0.493 e. The Morgan fingerprint density at radius 1 is 1.11 bits per heavy atom. The van der Waals surface area contributed by atoms with E-state index < -0.39 is 17.4 Å². The summed E-state index contributed by atoms with van der Waals surface area (Å²) in [6.07, 6.45) is 2.75. The zero-order valence-corrected chi connectivity index (χ0v) is 14.6. The van der Waals surface area contributed by atoms with Crippen molar-refractivity contribution in [2.45, 2.75) is 0 Å². The van der Waals surface area contributed by atoms with Crippen molar-refractivity contribution in [3.05, 3.63) is 77.6 Å².